The van der Waals surface area contributed by atoms with Gasteiger partial charge in [-0.1, -0.05) is 18.2 Å². The molecule has 2 aliphatic rings. The van der Waals surface area contributed by atoms with Crippen LogP contribution in [0.5, 0.6) is 5.75 Å². The number of rotatable bonds is 7. The summed E-state index contributed by atoms with van der Waals surface area (Å²) in [5, 5.41) is 0. The molecule has 8 heteroatoms. The number of hydrogen-bond donors (Lipinski definition) is 0. The third kappa shape index (κ3) is 4.39. The smallest absolute Gasteiger partial charge is 0.306 e. The maximum atomic E-state index is 12.4. The number of hydrogen-bond acceptors (Lipinski definition) is 6. The molecule has 7 nitrogen and oxygen atoms in total. The maximum absolute atomic E-state index is 12.4. The third-order valence-electron chi connectivity index (χ3n) is 5.50. The topological polar surface area (TPSA) is 84.0 Å². The number of amides is 2. The van der Waals surface area contributed by atoms with Gasteiger partial charge in [-0.3, -0.25) is 19.4 Å². The molecule has 0 radical (unpaired) electrons. The van der Waals surface area contributed by atoms with Gasteiger partial charge < -0.3 is 4.18 Å². The predicted molar refractivity (Wildman–Crippen MR) is 112 cm³/mol. The van der Waals surface area contributed by atoms with Gasteiger partial charge in [0, 0.05) is 19.6 Å². The van der Waals surface area contributed by atoms with Crippen molar-refractivity contribution in [1.82, 2.24) is 9.80 Å². The molecule has 0 spiro atoms. The highest BCUT2D eigenvalue weighted by Gasteiger charge is 2.34. The average molecular weight is 429 g/mol. The summed E-state index contributed by atoms with van der Waals surface area (Å²) in [5.74, 6) is -0.0782. The molecular weight excluding hydrogens is 404 g/mol. The summed E-state index contributed by atoms with van der Waals surface area (Å²) in [6.07, 6.45) is 3.54. The van der Waals surface area contributed by atoms with Gasteiger partial charge in [0.25, 0.3) is 11.8 Å². The van der Waals surface area contributed by atoms with E-state index in [0.29, 0.717) is 23.4 Å². The van der Waals surface area contributed by atoms with Crippen molar-refractivity contribution in [2.45, 2.75) is 25.8 Å². The lowest BCUT2D eigenvalue weighted by molar-refractivity contribution is 0.0650. The van der Waals surface area contributed by atoms with Crippen molar-refractivity contribution in [2.24, 2.45) is 0 Å². The summed E-state index contributed by atoms with van der Waals surface area (Å²) in [5.41, 5.74) is 3.25. The minimum atomic E-state index is -3.55. The molecule has 30 heavy (non-hydrogen) atoms. The van der Waals surface area contributed by atoms with Crippen LogP contribution in [0.1, 0.15) is 44.7 Å². The van der Waals surface area contributed by atoms with Crippen molar-refractivity contribution in [3.05, 3.63) is 64.7 Å². The average Bonchev–Trinajstić information content (AvgIpc) is 2.94. The van der Waals surface area contributed by atoms with Gasteiger partial charge in [0.1, 0.15) is 5.75 Å². The standard InChI is InChI=1S/C22H24N2O5S/c1-30(27,28)29-18-9-8-16-10-13-23(15-17(16)14-18)11-4-5-12-24-21(25)19-6-2-3-7-20(19)22(24)26/h2-3,6-9,14H,4-5,10-13,15H2,1H3. The highest BCUT2D eigenvalue weighted by atomic mass is 32.2. The van der Waals surface area contributed by atoms with Crippen LogP contribution in [0.25, 0.3) is 0 Å². The van der Waals surface area contributed by atoms with E-state index in [9.17, 15) is 18.0 Å². The maximum Gasteiger partial charge on any atom is 0.306 e. The fourth-order valence-corrected chi connectivity index (χ4v) is 4.51. The van der Waals surface area contributed by atoms with Crippen LogP contribution in [0.4, 0.5) is 0 Å². The Kier molecular flexibility index (Phi) is 5.62. The van der Waals surface area contributed by atoms with Crippen LogP contribution in [0.15, 0.2) is 42.5 Å². The van der Waals surface area contributed by atoms with E-state index in [-0.39, 0.29) is 11.8 Å². The lowest BCUT2D eigenvalue weighted by atomic mass is 9.99. The van der Waals surface area contributed by atoms with Gasteiger partial charge in [-0.2, -0.15) is 8.42 Å². The predicted octanol–water partition coefficient (Wildman–Crippen LogP) is 2.46. The molecule has 2 heterocycles. The van der Waals surface area contributed by atoms with Crippen molar-refractivity contribution in [2.75, 3.05) is 25.9 Å². The molecule has 0 unspecified atom stereocenters. The number of carbonyl (C=O) groups is 2. The Morgan fingerprint density at radius 2 is 1.60 bits per heavy atom. The van der Waals surface area contributed by atoms with Crippen molar-refractivity contribution in [3.63, 3.8) is 0 Å². The third-order valence-corrected chi connectivity index (χ3v) is 6.00. The highest BCUT2D eigenvalue weighted by molar-refractivity contribution is 7.86. The van der Waals surface area contributed by atoms with Crippen LogP contribution in [0.2, 0.25) is 0 Å². The highest BCUT2D eigenvalue weighted by Crippen LogP contribution is 2.25. The number of benzene rings is 2. The SMILES string of the molecule is CS(=O)(=O)Oc1ccc2c(c1)CN(CCCCN1C(=O)c3ccccc3C1=O)CC2. The van der Waals surface area contributed by atoms with Gasteiger partial charge in [-0.05, 0) is 61.2 Å². The van der Waals surface area contributed by atoms with Crippen LogP contribution in [0.3, 0.4) is 0 Å². The molecule has 2 aliphatic heterocycles. The fourth-order valence-electron chi connectivity index (χ4n) is 4.06. The molecule has 0 fully saturated rings. The second-order valence-electron chi connectivity index (χ2n) is 7.76. The molecule has 2 aromatic carbocycles. The Morgan fingerprint density at radius 3 is 2.27 bits per heavy atom. The Balaban J connectivity index is 1.29. The van der Waals surface area contributed by atoms with Gasteiger partial charge in [0.05, 0.1) is 17.4 Å². The number of nitrogens with zero attached hydrogens (tertiary/aromatic N) is 2. The van der Waals surface area contributed by atoms with Crippen molar-refractivity contribution in [1.29, 1.82) is 0 Å². The Hall–Kier alpha value is -2.71. The molecule has 2 amide bonds. The normalized spacial score (nSPS) is 16.5. The van der Waals surface area contributed by atoms with Gasteiger partial charge in [0.2, 0.25) is 0 Å². The minimum Gasteiger partial charge on any atom is -0.383 e. The lowest BCUT2D eigenvalue weighted by Gasteiger charge is -2.29. The summed E-state index contributed by atoms with van der Waals surface area (Å²) in [7, 11) is -3.55. The molecular formula is C22H24N2O5S. The summed E-state index contributed by atoms with van der Waals surface area (Å²) in [6.45, 7) is 2.92. The van der Waals surface area contributed by atoms with Gasteiger partial charge in [-0.15, -0.1) is 0 Å². The zero-order valence-corrected chi connectivity index (χ0v) is 17.7. The second-order valence-corrected chi connectivity index (χ2v) is 9.33. The van der Waals surface area contributed by atoms with E-state index in [1.165, 1.54) is 10.5 Å². The first-order valence-electron chi connectivity index (χ1n) is 10.0. The van der Waals surface area contributed by atoms with Crippen molar-refractivity contribution in [3.8, 4) is 5.75 Å². The molecule has 0 atom stereocenters. The van der Waals surface area contributed by atoms with Gasteiger partial charge in [0.15, 0.2) is 0 Å². The number of unbranched alkanes of at least 4 members (excludes halogenated alkanes) is 1. The Morgan fingerprint density at radius 1 is 0.933 bits per heavy atom. The minimum absolute atomic E-state index is 0.207. The Bertz CT molecular complexity index is 1060. The first-order chi connectivity index (χ1) is 14.3. The molecule has 0 aliphatic carbocycles. The van der Waals surface area contributed by atoms with Crippen molar-refractivity contribution >= 4 is 21.9 Å². The summed E-state index contributed by atoms with van der Waals surface area (Å²) in [6, 6.07) is 12.3. The van der Waals surface area contributed by atoms with Crippen LogP contribution < -0.4 is 4.18 Å². The lowest BCUT2D eigenvalue weighted by Crippen LogP contribution is -2.33. The van der Waals surface area contributed by atoms with Crippen LogP contribution in [-0.4, -0.2) is 55.9 Å². The molecule has 2 aromatic rings. The molecule has 158 valence electrons. The molecule has 0 saturated heterocycles. The van der Waals surface area contributed by atoms with Crippen LogP contribution in [-0.2, 0) is 23.1 Å². The Labute approximate surface area is 176 Å². The molecule has 4 rings (SSSR count). The quantitative estimate of drug-likeness (QED) is 0.383. The van der Waals surface area contributed by atoms with Gasteiger partial charge in [-0.25, -0.2) is 0 Å². The van der Waals surface area contributed by atoms with E-state index in [1.54, 1.807) is 36.4 Å². The van der Waals surface area contributed by atoms with E-state index in [0.717, 1.165) is 50.7 Å². The first-order valence-corrected chi connectivity index (χ1v) is 11.8. The number of fused-ring (bicyclic) bond motifs is 2. The van der Waals surface area contributed by atoms with Crippen molar-refractivity contribution < 1.29 is 22.2 Å². The largest absolute Gasteiger partial charge is 0.383 e. The van der Waals surface area contributed by atoms with E-state index >= 15 is 0 Å². The summed E-state index contributed by atoms with van der Waals surface area (Å²) < 4.78 is 27.7. The van der Waals surface area contributed by atoms with Crippen LogP contribution >= 0.6 is 0 Å². The molecule has 0 N–H and O–H groups in total. The molecule has 0 aromatic heterocycles. The monoisotopic (exact) mass is 428 g/mol. The van der Waals surface area contributed by atoms with Gasteiger partial charge >= 0.3 is 10.1 Å². The summed E-state index contributed by atoms with van der Waals surface area (Å²) in [4.78, 5) is 28.5. The zero-order chi connectivity index (χ0) is 21.3. The van der Waals surface area contributed by atoms with Crippen LogP contribution in [0, 0.1) is 0 Å². The van der Waals surface area contributed by atoms with E-state index in [1.807, 2.05) is 6.07 Å². The zero-order valence-electron chi connectivity index (χ0n) is 16.8. The summed E-state index contributed by atoms with van der Waals surface area (Å²) >= 11 is 0. The number of imide groups is 1. The fraction of sp³-hybridized carbons (Fsp3) is 0.364. The molecule has 0 bridgehead atoms. The number of carbonyl (C=O) groups excluding carboxylic acids is 2. The first kappa shape index (κ1) is 20.6. The second kappa shape index (κ2) is 8.20. The molecule has 0 saturated carbocycles. The van der Waals surface area contributed by atoms with E-state index in [4.69, 9.17) is 4.18 Å². The van der Waals surface area contributed by atoms with E-state index in [2.05, 4.69) is 4.90 Å². The van der Waals surface area contributed by atoms with E-state index < -0.39 is 10.1 Å².